The van der Waals surface area contributed by atoms with Crippen LogP contribution in [0.25, 0.3) is 0 Å². The normalized spacial score (nSPS) is 11.0. The molecular formula is C28H29Cl2N3O4. The SMILES string of the molecule is CCOc1cc(/C=N\NC(=O)C(=O)NCc2ccc(C(C)C)cc2)ccc1OCc1ccc(Cl)c(Cl)c1. The van der Waals surface area contributed by atoms with Gasteiger partial charge in [0.1, 0.15) is 6.61 Å². The molecule has 9 heteroatoms. The number of benzene rings is 3. The van der Waals surface area contributed by atoms with Crippen LogP contribution in [0.15, 0.2) is 65.8 Å². The number of nitrogens with zero attached hydrogens (tertiary/aromatic N) is 1. The minimum atomic E-state index is -0.860. The van der Waals surface area contributed by atoms with Crippen LogP contribution < -0.4 is 20.2 Å². The van der Waals surface area contributed by atoms with Crippen LogP contribution >= 0.6 is 23.2 Å². The lowest BCUT2D eigenvalue weighted by molar-refractivity contribution is -0.139. The fourth-order valence-corrected chi connectivity index (χ4v) is 3.60. The summed E-state index contributed by atoms with van der Waals surface area (Å²) in [5, 5.41) is 7.40. The molecule has 194 valence electrons. The first-order valence-corrected chi connectivity index (χ1v) is 12.6. The zero-order valence-electron chi connectivity index (χ0n) is 20.9. The maximum Gasteiger partial charge on any atom is 0.329 e. The van der Waals surface area contributed by atoms with E-state index in [0.717, 1.165) is 11.1 Å². The van der Waals surface area contributed by atoms with Gasteiger partial charge in [0.05, 0.1) is 22.9 Å². The summed E-state index contributed by atoms with van der Waals surface area (Å²) in [4.78, 5) is 24.2. The van der Waals surface area contributed by atoms with Crippen molar-refractivity contribution >= 4 is 41.2 Å². The van der Waals surface area contributed by atoms with E-state index in [9.17, 15) is 9.59 Å². The summed E-state index contributed by atoms with van der Waals surface area (Å²) >= 11 is 12.0. The monoisotopic (exact) mass is 541 g/mol. The van der Waals surface area contributed by atoms with E-state index in [4.69, 9.17) is 32.7 Å². The number of hydrazone groups is 1. The summed E-state index contributed by atoms with van der Waals surface area (Å²) in [5.41, 5.74) is 5.85. The number of ether oxygens (including phenoxy) is 2. The van der Waals surface area contributed by atoms with E-state index >= 15 is 0 Å². The molecule has 3 aromatic carbocycles. The third kappa shape index (κ3) is 8.51. The Morgan fingerprint density at radius 1 is 0.892 bits per heavy atom. The molecule has 0 atom stereocenters. The van der Waals surface area contributed by atoms with Crippen LogP contribution in [0.3, 0.4) is 0 Å². The number of hydrogen-bond acceptors (Lipinski definition) is 5. The molecule has 0 radical (unpaired) electrons. The Kier molecular flexibility index (Phi) is 10.4. The summed E-state index contributed by atoms with van der Waals surface area (Å²) in [6.07, 6.45) is 1.42. The standard InChI is InChI=1S/C28H29Cl2N3O4/c1-4-36-26-14-20(8-12-25(26)37-17-21-7-11-23(29)24(30)13-21)16-32-33-28(35)27(34)31-15-19-5-9-22(10-6-19)18(2)3/h5-14,16,18H,4,15,17H2,1-3H3,(H,31,34)(H,33,35)/b32-16-. The highest BCUT2D eigenvalue weighted by Gasteiger charge is 2.12. The van der Waals surface area contributed by atoms with Crippen LogP contribution in [0.5, 0.6) is 11.5 Å². The van der Waals surface area contributed by atoms with E-state index in [1.165, 1.54) is 11.8 Å². The highest BCUT2D eigenvalue weighted by molar-refractivity contribution is 6.42. The highest BCUT2D eigenvalue weighted by atomic mass is 35.5. The lowest BCUT2D eigenvalue weighted by Crippen LogP contribution is -2.37. The highest BCUT2D eigenvalue weighted by Crippen LogP contribution is 2.30. The summed E-state index contributed by atoms with van der Waals surface area (Å²) in [5.74, 6) is -0.156. The number of hydrogen-bond donors (Lipinski definition) is 2. The van der Waals surface area contributed by atoms with Gasteiger partial charge in [0.25, 0.3) is 0 Å². The van der Waals surface area contributed by atoms with Gasteiger partial charge < -0.3 is 14.8 Å². The molecule has 0 aliphatic carbocycles. The van der Waals surface area contributed by atoms with E-state index < -0.39 is 11.8 Å². The fourth-order valence-electron chi connectivity index (χ4n) is 3.28. The molecule has 0 heterocycles. The van der Waals surface area contributed by atoms with E-state index in [1.807, 2.05) is 37.3 Å². The molecule has 0 saturated carbocycles. The van der Waals surface area contributed by atoms with Gasteiger partial charge in [-0.2, -0.15) is 5.10 Å². The summed E-state index contributed by atoms with van der Waals surface area (Å²) in [7, 11) is 0. The molecule has 0 fully saturated rings. The average molecular weight is 542 g/mol. The zero-order chi connectivity index (χ0) is 26.8. The first-order chi connectivity index (χ1) is 17.8. The van der Waals surface area contributed by atoms with Crippen molar-refractivity contribution in [3.63, 3.8) is 0 Å². The maximum atomic E-state index is 12.1. The minimum Gasteiger partial charge on any atom is -0.490 e. The van der Waals surface area contributed by atoms with Gasteiger partial charge in [0.15, 0.2) is 11.5 Å². The number of nitrogens with one attached hydrogen (secondary N) is 2. The predicted molar refractivity (Wildman–Crippen MR) is 147 cm³/mol. The molecule has 2 amide bonds. The van der Waals surface area contributed by atoms with Crippen molar-refractivity contribution in [2.24, 2.45) is 5.10 Å². The third-order valence-electron chi connectivity index (χ3n) is 5.33. The Bertz CT molecular complexity index is 1260. The van der Waals surface area contributed by atoms with Gasteiger partial charge >= 0.3 is 11.8 Å². The van der Waals surface area contributed by atoms with Gasteiger partial charge in [0.2, 0.25) is 0 Å². The molecule has 7 nitrogen and oxygen atoms in total. The zero-order valence-corrected chi connectivity index (χ0v) is 22.4. The molecule has 3 aromatic rings. The molecular weight excluding hydrogens is 513 g/mol. The number of amides is 2. The third-order valence-corrected chi connectivity index (χ3v) is 6.07. The molecule has 0 spiro atoms. The molecule has 0 aromatic heterocycles. The van der Waals surface area contributed by atoms with Crippen LogP contribution in [0.2, 0.25) is 10.0 Å². The molecule has 37 heavy (non-hydrogen) atoms. The van der Waals surface area contributed by atoms with Gasteiger partial charge in [-0.25, -0.2) is 5.43 Å². The Balaban J connectivity index is 1.53. The lowest BCUT2D eigenvalue weighted by Gasteiger charge is -2.13. The van der Waals surface area contributed by atoms with Crippen LogP contribution in [-0.4, -0.2) is 24.6 Å². The fraction of sp³-hybridized carbons (Fsp3) is 0.250. The lowest BCUT2D eigenvalue weighted by atomic mass is 10.0. The van der Waals surface area contributed by atoms with Crippen molar-refractivity contribution in [2.75, 3.05) is 6.61 Å². The maximum absolute atomic E-state index is 12.1. The van der Waals surface area contributed by atoms with Gasteiger partial charge in [-0.1, -0.05) is 67.4 Å². The Morgan fingerprint density at radius 3 is 2.30 bits per heavy atom. The minimum absolute atomic E-state index is 0.246. The van der Waals surface area contributed by atoms with Crippen molar-refractivity contribution in [3.05, 3.63) is 93.0 Å². The van der Waals surface area contributed by atoms with Gasteiger partial charge in [-0.15, -0.1) is 0 Å². The number of carbonyl (C=O) groups excluding carboxylic acids is 2. The summed E-state index contributed by atoms with van der Waals surface area (Å²) < 4.78 is 11.6. The molecule has 0 aliphatic rings. The molecule has 0 unspecified atom stereocenters. The Hall–Kier alpha value is -3.55. The number of rotatable bonds is 10. The van der Waals surface area contributed by atoms with Crippen molar-refractivity contribution < 1.29 is 19.1 Å². The second-order valence-corrected chi connectivity index (χ2v) is 9.27. The number of halogens is 2. The molecule has 3 rings (SSSR count). The van der Waals surface area contributed by atoms with E-state index in [2.05, 4.69) is 29.7 Å². The second-order valence-electron chi connectivity index (χ2n) is 8.45. The van der Waals surface area contributed by atoms with Crippen molar-refractivity contribution in [1.82, 2.24) is 10.7 Å². The quantitative estimate of drug-likeness (QED) is 0.191. The largest absolute Gasteiger partial charge is 0.490 e. The van der Waals surface area contributed by atoms with E-state index in [0.29, 0.717) is 39.6 Å². The molecule has 0 saturated heterocycles. The Morgan fingerprint density at radius 2 is 1.62 bits per heavy atom. The first kappa shape index (κ1) is 28.0. The first-order valence-electron chi connectivity index (χ1n) is 11.8. The topological polar surface area (TPSA) is 89.0 Å². The Labute approximate surface area is 226 Å². The number of carbonyl (C=O) groups is 2. The van der Waals surface area contributed by atoms with Crippen LogP contribution in [0.4, 0.5) is 0 Å². The van der Waals surface area contributed by atoms with Gasteiger partial charge in [-0.05, 0) is 65.4 Å². The second kappa shape index (κ2) is 13.7. The van der Waals surface area contributed by atoms with Crippen LogP contribution in [0, 0.1) is 0 Å². The van der Waals surface area contributed by atoms with Crippen molar-refractivity contribution in [2.45, 2.75) is 39.8 Å². The van der Waals surface area contributed by atoms with Gasteiger partial charge in [-0.3, -0.25) is 9.59 Å². The van der Waals surface area contributed by atoms with Gasteiger partial charge in [0, 0.05) is 6.54 Å². The van der Waals surface area contributed by atoms with Crippen LogP contribution in [0.1, 0.15) is 48.9 Å². The van der Waals surface area contributed by atoms with E-state index in [-0.39, 0.29) is 13.2 Å². The average Bonchev–Trinajstić information content (AvgIpc) is 2.89. The van der Waals surface area contributed by atoms with Crippen LogP contribution in [-0.2, 0) is 22.7 Å². The molecule has 0 bridgehead atoms. The summed E-state index contributed by atoms with van der Waals surface area (Å²) in [6, 6.07) is 18.4. The van der Waals surface area contributed by atoms with Crippen molar-refractivity contribution in [1.29, 1.82) is 0 Å². The van der Waals surface area contributed by atoms with E-state index in [1.54, 1.807) is 30.3 Å². The molecule has 0 aliphatic heterocycles. The predicted octanol–water partition coefficient (Wildman–Crippen LogP) is 5.86. The molecule has 2 N–H and O–H groups in total. The smallest absolute Gasteiger partial charge is 0.329 e. The van der Waals surface area contributed by atoms with Crippen molar-refractivity contribution in [3.8, 4) is 11.5 Å². The summed E-state index contributed by atoms with van der Waals surface area (Å²) in [6.45, 7) is 7.04.